The first kappa shape index (κ1) is 15.9. The van der Waals surface area contributed by atoms with E-state index in [1.54, 1.807) is 11.7 Å². The van der Waals surface area contributed by atoms with Gasteiger partial charge < -0.3 is 15.2 Å². The van der Waals surface area contributed by atoms with E-state index in [-0.39, 0.29) is 18.0 Å². The second-order valence-corrected chi connectivity index (χ2v) is 6.82. The molecule has 1 amide bonds. The summed E-state index contributed by atoms with van der Waals surface area (Å²) in [7, 11) is 0. The normalized spacial score (nSPS) is 30.7. The second-order valence-electron chi connectivity index (χ2n) is 5.94. The summed E-state index contributed by atoms with van der Waals surface area (Å²) in [6.45, 7) is 3.16. The molecule has 1 aliphatic carbocycles. The van der Waals surface area contributed by atoms with Gasteiger partial charge in [0, 0.05) is 19.1 Å². The van der Waals surface area contributed by atoms with Crippen LogP contribution >= 0.6 is 11.3 Å². The van der Waals surface area contributed by atoms with Gasteiger partial charge in [0.15, 0.2) is 0 Å². The fraction of sp³-hybridized carbons (Fsp3) is 0.733. The zero-order valence-corrected chi connectivity index (χ0v) is 13.4. The van der Waals surface area contributed by atoms with Crippen LogP contribution < -0.4 is 5.32 Å². The highest BCUT2D eigenvalue weighted by atomic mass is 32.1. The summed E-state index contributed by atoms with van der Waals surface area (Å²) in [5.74, 6) is -0.130. The number of aliphatic hydroxyl groups is 1. The zero-order valence-electron chi connectivity index (χ0n) is 12.6. The first-order valence-corrected chi connectivity index (χ1v) is 8.83. The van der Waals surface area contributed by atoms with Gasteiger partial charge >= 0.3 is 0 Å². The summed E-state index contributed by atoms with van der Waals surface area (Å²) in [6, 6.07) is -0.0805. The van der Waals surface area contributed by atoms with Crippen LogP contribution in [0.5, 0.6) is 0 Å². The third kappa shape index (κ3) is 3.65. The van der Waals surface area contributed by atoms with Crippen LogP contribution in [0.3, 0.4) is 0 Å². The number of hydrogen-bond donors (Lipinski definition) is 2. The highest BCUT2D eigenvalue weighted by molar-refractivity contribution is 7.11. The average molecular weight is 325 g/mol. The molecule has 2 heterocycles. The topological polar surface area (TPSA) is 74.7 Å². The Labute approximate surface area is 134 Å². The molecule has 0 bridgehead atoms. The molecule has 0 radical (unpaired) electrons. The summed E-state index contributed by atoms with van der Waals surface area (Å²) < 4.78 is 5.40. The van der Waals surface area contributed by atoms with E-state index in [9.17, 15) is 9.90 Å². The van der Waals surface area contributed by atoms with Crippen molar-refractivity contribution in [3.05, 3.63) is 16.6 Å². The number of nitrogens with one attached hydrogen (secondary N) is 1. The van der Waals surface area contributed by atoms with E-state index in [1.807, 2.05) is 0 Å². The van der Waals surface area contributed by atoms with E-state index >= 15 is 0 Å². The lowest BCUT2D eigenvalue weighted by Gasteiger charge is -2.38. The molecule has 7 heteroatoms. The third-order valence-corrected chi connectivity index (χ3v) is 5.33. The van der Waals surface area contributed by atoms with Crippen molar-refractivity contribution in [2.45, 2.75) is 43.9 Å². The summed E-state index contributed by atoms with van der Waals surface area (Å²) >= 11 is 1.32. The van der Waals surface area contributed by atoms with Gasteiger partial charge in [-0.15, -0.1) is 11.3 Å². The van der Waals surface area contributed by atoms with Crippen LogP contribution in [0.15, 0.2) is 11.7 Å². The van der Waals surface area contributed by atoms with Gasteiger partial charge in [0.1, 0.15) is 4.88 Å². The molecular formula is C15H23N3O3S. The molecule has 3 rings (SSSR count). The molecule has 1 aliphatic heterocycles. The molecule has 0 spiro atoms. The number of thiazole rings is 1. The van der Waals surface area contributed by atoms with E-state index in [4.69, 9.17) is 4.74 Å². The van der Waals surface area contributed by atoms with Gasteiger partial charge in [0.25, 0.3) is 5.91 Å². The molecule has 1 saturated heterocycles. The summed E-state index contributed by atoms with van der Waals surface area (Å²) in [5.41, 5.74) is 1.65. The van der Waals surface area contributed by atoms with Gasteiger partial charge in [-0.25, -0.2) is 0 Å². The molecular weight excluding hydrogens is 302 g/mol. The summed E-state index contributed by atoms with van der Waals surface area (Å²) in [4.78, 5) is 19.1. The van der Waals surface area contributed by atoms with Gasteiger partial charge in [-0.1, -0.05) is 12.8 Å². The number of hydrogen-bond acceptors (Lipinski definition) is 6. The molecule has 0 aromatic carbocycles. The Kier molecular flexibility index (Phi) is 5.41. The van der Waals surface area contributed by atoms with Crippen molar-refractivity contribution in [2.24, 2.45) is 0 Å². The standard InChI is InChI=1S/C15H23N3O3S/c19-14-11(17-15(20)13-9-16-10-22-13)3-1-2-4-12(14)18-5-7-21-8-6-18/h9-12,14,19H,1-8H2,(H,17,20)/t11-,12-,14-/m1/s1. The number of carbonyl (C=O) groups is 1. The summed E-state index contributed by atoms with van der Waals surface area (Å²) in [5, 5.41) is 13.8. The Morgan fingerprint density at radius 2 is 2.14 bits per heavy atom. The van der Waals surface area contributed by atoms with Gasteiger partial charge in [-0.05, 0) is 12.8 Å². The van der Waals surface area contributed by atoms with Crippen LogP contribution in [0.2, 0.25) is 0 Å². The highest BCUT2D eigenvalue weighted by Crippen LogP contribution is 2.24. The number of rotatable bonds is 3. The molecule has 1 saturated carbocycles. The molecule has 1 aromatic rings. The van der Waals surface area contributed by atoms with E-state index < -0.39 is 6.10 Å². The Morgan fingerprint density at radius 1 is 1.36 bits per heavy atom. The number of aromatic nitrogens is 1. The van der Waals surface area contributed by atoms with Crippen molar-refractivity contribution in [1.82, 2.24) is 15.2 Å². The zero-order chi connectivity index (χ0) is 15.4. The van der Waals surface area contributed by atoms with Crippen molar-refractivity contribution < 1.29 is 14.6 Å². The lowest BCUT2D eigenvalue weighted by molar-refractivity contribution is -0.0308. The van der Waals surface area contributed by atoms with Gasteiger partial charge in [0.2, 0.25) is 0 Å². The largest absolute Gasteiger partial charge is 0.389 e. The van der Waals surface area contributed by atoms with Crippen molar-refractivity contribution >= 4 is 17.2 Å². The third-order valence-electron chi connectivity index (χ3n) is 4.56. The molecule has 2 aliphatic rings. The van der Waals surface area contributed by atoms with Crippen LogP contribution in [0.4, 0.5) is 0 Å². The van der Waals surface area contributed by atoms with Crippen LogP contribution in [-0.4, -0.2) is 65.4 Å². The first-order valence-electron chi connectivity index (χ1n) is 7.95. The fourth-order valence-corrected chi connectivity index (χ4v) is 3.88. The number of ether oxygens (including phenoxy) is 1. The number of amides is 1. The molecule has 3 atom stereocenters. The van der Waals surface area contributed by atoms with E-state index in [2.05, 4.69) is 15.2 Å². The second kappa shape index (κ2) is 7.50. The van der Waals surface area contributed by atoms with Crippen LogP contribution in [0.1, 0.15) is 35.4 Å². The predicted octanol–water partition coefficient (Wildman–Crippen LogP) is 0.877. The molecule has 2 fully saturated rings. The van der Waals surface area contributed by atoms with Gasteiger partial charge in [0.05, 0.1) is 37.1 Å². The number of morpholine rings is 1. The van der Waals surface area contributed by atoms with Crippen molar-refractivity contribution in [3.8, 4) is 0 Å². The highest BCUT2D eigenvalue weighted by Gasteiger charge is 2.35. The average Bonchev–Trinajstić information content (AvgIpc) is 3.02. The Balaban J connectivity index is 1.66. The molecule has 0 unspecified atom stereocenters. The molecule has 22 heavy (non-hydrogen) atoms. The van der Waals surface area contributed by atoms with Crippen molar-refractivity contribution in [2.75, 3.05) is 26.3 Å². The van der Waals surface area contributed by atoms with Crippen LogP contribution in [0.25, 0.3) is 0 Å². The monoisotopic (exact) mass is 325 g/mol. The van der Waals surface area contributed by atoms with Crippen molar-refractivity contribution in [3.63, 3.8) is 0 Å². The van der Waals surface area contributed by atoms with Crippen molar-refractivity contribution in [1.29, 1.82) is 0 Å². The SMILES string of the molecule is O=C(N[C@@H]1CCCC[C@@H](N2CCOCC2)[C@@H]1O)c1cncs1. The van der Waals surface area contributed by atoms with E-state index in [0.717, 1.165) is 52.0 Å². The number of nitrogens with zero attached hydrogens (tertiary/aromatic N) is 2. The lowest BCUT2D eigenvalue weighted by atomic mass is 9.99. The lowest BCUT2D eigenvalue weighted by Crippen LogP contribution is -2.55. The van der Waals surface area contributed by atoms with Crippen LogP contribution in [-0.2, 0) is 4.74 Å². The Hall–Kier alpha value is -1.02. The predicted molar refractivity (Wildman–Crippen MR) is 84.0 cm³/mol. The Bertz CT molecular complexity index is 476. The Morgan fingerprint density at radius 3 is 2.86 bits per heavy atom. The molecule has 6 nitrogen and oxygen atoms in total. The minimum atomic E-state index is -0.530. The molecule has 122 valence electrons. The maximum absolute atomic E-state index is 12.2. The smallest absolute Gasteiger partial charge is 0.263 e. The molecule has 1 aromatic heterocycles. The number of aliphatic hydroxyl groups excluding tert-OH is 1. The fourth-order valence-electron chi connectivity index (χ4n) is 3.36. The van der Waals surface area contributed by atoms with Crippen LogP contribution in [0, 0.1) is 0 Å². The maximum Gasteiger partial charge on any atom is 0.263 e. The van der Waals surface area contributed by atoms with Gasteiger partial charge in [-0.3, -0.25) is 14.7 Å². The van der Waals surface area contributed by atoms with E-state index in [0.29, 0.717) is 4.88 Å². The van der Waals surface area contributed by atoms with Gasteiger partial charge in [-0.2, -0.15) is 0 Å². The minimum Gasteiger partial charge on any atom is -0.389 e. The first-order chi connectivity index (χ1) is 10.8. The quantitative estimate of drug-likeness (QED) is 0.807. The minimum absolute atomic E-state index is 0.109. The molecule has 2 N–H and O–H groups in total. The maximum atomic E-state index is 12.2. The van der Waals surface area contributed by atoms with E-state index in [1.165, 1.54) is 11.3 Å². The number of carbonyl (C=O) groups excluding carboxylic acids is 1. The summed E-state index contributed by atoms with van der Waals surface area (Å²) in [6.07, 6.45) is 4.97.